The fourth-order valence-corrected chi connectivity index (χ4v) is 1.77. The van der Waals surface area contributed by atoms with Crippen LogP contribution in [0.15, 0.2) is 12.7 Å². The maximum atomic E-state index is 5.86. The molecule has 1 heterocycles. The Morgan fingerprint density at radius 1 is 1.58 bits per heavy atom. The Kier molecular flexibility index (Phi) is 3.33. The smallest absolute Gasteiger partial charge is 0.0631 e. The van der Waals surface area contributed by atoms with Crippen molar-refractivity contribution in [1.82, 2.24) is 0 Å². The molecular formula is C11H20O. The molecule has 1 aliphatic rings. The van der Waals surface area contributed by atoms with E-state index in [1.165, 1.54) is 25.7 Å². The molecule has 70 valence electrons. The van der Waals surface area contributed by atoms with E-state index in [1.54, 1.807) is 0 Å². The van der Waals surface area contributed by atoms with Gasteiger partial charge in [0.05, 0.1) is 11.7 Å². The van der Waals surface area contributed by atoms with Gasteiger partial charge in [-0.05, 0) is 46.0 Å². The summed E-state index contributed by atoms with van der Waals surface area (Å²) in [5, 5.41) is 0. The van der Waals surface area contributed by atoms with Crippen molar-refractivity contribution in [3.05, 3.63) is 12.7 Å². The lowest BCUT2D eigenvalue weighted by atomic mass is 10.0. The summed E-state index contributed by atoms with van der Waals surface area (Å²) in [6.07, 6.45) is 8.51. The standard InChI is InChI=1S/C11H20O/c1-4-5-6-7-10-8-9-11(2,3)12-10/h4,10H,1,5-9H2,2-3H3. The van der Waals surface area contributed by atoms with Crippen LogP contribution in [0.5, 0.6) is 0 Å². The minimum absolute atomic E-state index is 0.138. The van der Waals surface area contributed by atoms with Crippen molar-refractivity contribution >= 4 is 0 Å². The number of hydrogen-bond donors (Lipinski definition) is 0. The maximum Gasteiger partial charge on any atom is 0.0631 e. The third kappa shape index (κ3) is 2.98. The Morgan fingerprint density at radius 3 is 2.83 bits per heavy atom. The molecule has 0 aromatic carbocycles. The Balaban J connectivity index is 2.15. The summed E-state index contributed by atoms with van der Waals surface area (Å²) in [5.41, 5.74) is 0.138. The Bertz CT molecular complexity index is 149. The van der Waals surface area contributed by atoms with Gasteiger partial charge >= 0.3 is 0 Å². The van der Waals surface area contributed by atoms with Gasteiger partial charge in [-0.2, -0.15) is 0 Å². The van der Waals surface area contributed by atoms with Crippen LogP contribution in [0.25, 0.3) is 0 Å². The molecule has 1 aliphatic heterocycles. The van der Waals surface area contributed by atoms with E-state index in [-0.39, 0.29) is 5.60 Å². The van der Waals surface area contributed by atoms with E-state index >= 15 is 0 Å². The zero-order valence-electron chi connectivity index (χ0n) is 8.31. The maximum absolute atomic E-state index is 5.86. The van der Waals surface area contributed by atoms with Gasteiger partial charge in [-0.1, -0.05) is 6.08 Å². The molecule has 0 amide bonds. The van der Waals surface area contributed by atoms with E-state index in [2.05, 4.69) is 20.4 Å². The van der Waals surface area contributed by atoms with Crippen LogP contribution in [0, 0.1) is 0 Å². The van der Waals surface area contributed by atoms with Gasteiger partial charge in [-0.15, -0.1) is 6.58 Å². The highest BCUT2D eigenvalue weighted by Gasteiger charge is 2.30. The fourth-order valence-electron chi connectivity index (χ4n) is 1.77. The van der Waals surface area contributed by atoms with Gasteiger partial charge in [-0.25, -0.2) is 0 Å². The highest BCUT2D eigenvalue weighted by molar-refractivity contribution is 4.81. The molecule has 0 radical (unpaired) electrons. The monoisotopic (exact) mass is 168 g/mol. The normalized spacial score (nSPS) is 27.3. The molecule has 0 saturated carbocycles. The van der Waals surface area contributed by atoms with Gasteiger partial charge < -0.3 is 4.74 Å². The summed E-state index contributed by atoms with van der Waals surface area (Å²) in [6.45, 7) is 8.07. The summed E-state index contributed by atoms with van der Waals surface area (Å²) in [6, 6.07) is 0. The van der Waals surface area contributed by atoms with E-state index in [9.17, 15) is 0 Å². The summed E-state index contributed by atoms with van der Waals surface area (Å²) in [7, 11) is 0. The van der Waals surface area contributed by atoms with Crippen molar-refractivity contribution < 1.29 is 4.74 Å². The highest BCUT2D eigenvalue weighted by atomic mass is 16.5. The Morgan fingerprint density at radius 2 is 2.33 bits per heavy atom. The van der Waals surface area contributed by atoms with E-state index in [4.69, 9.17) is 4.74 Å². The molecule has 0 N–H and O–H groups in total. The van der Waals surface area contributed by atoms with Crippen molar-refractivity contribution in [2.75, 3.05) is 0 Å². The van der Waals surface area contributed by atoms with Crippen LogP contribution in [0.3, 0.4) is 0 Å². The molecule has 0 aromatic heterocycles. The third-order valence-electron chi connectivity index (χ3n) is 2.49. The molecule has 1 heteroatoms. The van der Waals surface area contributed by atoms with Crippen molar-refractivity contribution in [3.8, 4) is 0 Å². The predicted molar refractivity (Wildman–Crippen MR) is 52.2 cm³/mol. The molecule has 1 rings (SSSR count). The van der Waals surface area contributed by atoms with Gasteiger partial charge in [0.1, 0.15) is 0 Å². The van der Waals surface area contributed by atoms with Crippen LogP contribution in [-0.2, 0) is 4.74 Å². The molecule has 0 spiro atoms. The predicted octanol–water partition coefficient (Wildman–Crippen LogP) is 3.30. The lowest BCUT2D eigenvalue weighted by molar-refractivity contribution is -0.0187. The second-order valence-electron chi connectivity index (χ2n) is 4.26. The quantitative estimate of drug-likeness (QED) is 0.462. The molecule has 12 heavy (non-hydrogen) atoms. The van der Waals surface area contributed by atoms with E-state index in [0.717, 1.165) is 6.42 Å². The van der Waals surface area contributed by atoms with Gasteiger partial charge in [0, 0.05) is 0 Å². The van der Waals surface area contributed by atoms with Crippen LogP contribution in [0.4, 0.5) is 0 Å². The van der Waals surface area contributed by atoms with E-state index in [1.807, 2.05) is 6.08 Å². The van der Waals surface area contributed by atoms with E-state index < -0.39 is 0 Å². The summed E-state index contributed by atoms with van der Waals surface area (Å²) < 4.78 is 5.86. The lowest BCUT2D eigenvalue weighted by Crippen LogP contribution is -2.19. The first-order valence-corrected chi connectivity index (χ1v) is 4.93. The first-order chi connectivity index (χ1) is 5.64. The van der Waals surface area contributed by atoms with Gasteiger partial charge in [0.15, 0.2) is 0 Å². The van der Waals surface area contributed by atoms with Crippen molar-refractivity contribution in [3.63, 3.8) is 0 Å². The Hall–Kier alpha value is -0.300. The zero-order valence-corrected chi connectivity index (χ0v) is 8.31. The molecule has 1 nitrogen and oxygen atoms in total. The number of allylic oxidation sites excluding steroid dienone is 1. The largest absolute Gasteiger partial charge is 0.372 e. The van der Waals surface area contributed by atoms with Gasteiger partial charge in [0.2, 0.25) is 0 Å². The molecular weight excluding hydrogens is 148 g/mol. The minimum atomic E-state index is 0.138. The molecule has 0 aromatic rings. The van der Waals surface area contributed by atoms with Crippen molar-refractivity contribution in [2.24, 2.45) is 0 Å². The second-order valence-corrected chi connectivity index (χ2v) is 4.26. The molecule has 1 unspecified atom stereocenters. The Labute approximate surface area is 75.8 Å². The molecule has 0 aliphatic carbocycles. The number of ether oxygens (including phenoxy) is 1. The molecule has 1 saturated heterocycles. The fraction of sp³-hybridized carbons (Fsp3) is 0.818. The average Bonchev–Trinajstić information content (AvgIpc) is 2.31. The van der Waals surface area contributed by atoms with Crippen molar-refractivity contribution in [2.45, 2.75) is 57.7 Å². The minimum Gasteiger partial charge on any atom is -0.372 e. The summed E-state index contributed by atoms with van der Waals surface area (Å²) in [5.74, 6) is 0. The van der Waals surface area contributed by atoms with Crippen LogP contribution in [0.1, 0.15) is 46.0 Å². The molecule has 1 atom stereocenters. The second kappa shape index (κ2) is 4.08. The average molecular weight is 168 g/mol. The summed E-state index contributed by atoms with van der Waals surface area (Å²) in [4.78, 5) is 0. The van der Waals surface area contributed by atoms with Crippen LogP contribution in [-0.4, -0.2) is 11.7 Å². The number of unbranched alkanes of at least 4 members (excludes halogenated alkanes) is 1. The van der Waals surface area contributed by atoms with Crippen LogP contribution < -0.4 is 0 Å². The van der Waals surface area contributed by atoms with E-state index in [0.29, 0.717) is 6.10 Å². The SMILES string of the molecule is C=CCCCC1CCC(C)(C)O1. The van der Waals surface area contributed by atoms with Gasteiger partial charge in [-0.3, -0.25) is 0 Å². The topological polar surface area (TPSA) is 9.23 Å². The first kappa shape index (κ1) is 9.79. The zero-order chi connectivity index (χ0) is 9.03. The molecule has 0 bridgehead atoms. The highest BCUT2D eigenvalue weighted by Crippen LogP contribution is 2.31. The first-order valence-electron chi connectivity index (χ1n) is 4.93. The lowest BCUT2D eigenvalue weighted by Gasteiger charge is -2.18. The third-order valence-corrected chi connectivity index (χ3v) is 2.49. The number of hydrogen-bond acceptors (Lipinski definition) is 1. The van der Waals surface area contributed by atoms with Crippen molar-refractivity contribution in [1.29, 1.82) is 0 Å². The van der Waals surface area contributed by atoms with Crippen LogP contribution >= 0.6 is 0 Å². The summed E-state index contributed by atoms with van der Waals surface area (Å²) >= 11 is 0. The van der Waals surface area contributed by atoms with Crippen LogP contribution in [0.2, 0.25) is 0 Å². The van der Waals surface area contributed by atoms with Gasteiger partial charge in [0.25, 0.3) is 0 Å². The number of rotatable bonds is 4. The molecule has 1 fully saturated rings.